The van der Waals surface area contributed by atoms with Crippen molar-refractivity contribution in [3.05, 3.63) is 132 Å². The van der Waals surface area contributed by atoms with Gasteiger partial charge in [-0.05, 0) is 45.1 Å². The molecular weight excluding hydrogens is 660 g/mol. The molecule has 4 aromatic carbocycles. The zero-order chi connectivity index (χ0) is 22.5. The predicted molar refractivity (Wildman–Crippen MR) is 140 cm³/mol. The maximum Gasteiger partial charge on any atom is 0.0167 e. The van der Waals surface area contributed by atoms with Gasteiger partial charge in [0, 0.05) is 32.5 Å². The summed E-state index contributed by atoms with van der Waals surface area (Å²) in [6.07, 6.45) is 3.69. The number of benzene rings is 4. The average Bonchev–Trinajstić information content (AvgIpc) is 2.89. The van der Waals surface area contributed by atoms with E-state index in [-0.39, 0.29) is 20.1 Å². The minimum absolute atomic E-state index is 0. The maximum atomic E-state index is 4.47. The molecule has 1 radical (unpaired) electrons. The Hall–Kier alpha value is -3.17. The summed E-state index contributed by atoms with van der Waals surface area (Å²) in [6.45, 7) is 0. The van der Waals surface area contributed by atoms with Crippen molar-refractivity contribution in [1.29, 1.82) is 0 Å². The standard InChI is InChI=1S/C15H9BrN.C15H10N.Ir/c16-13-6-3-5-12(10-13)15-14-7-2-1-4-11(14)8-9-17-15;1-2-7-13(8-3-1)15-14-9-5-4-6-12(14)10-11-16-15;/h1-4,6-10H;1-7,9-11H;/q2*-1;. The van der Waals surface area contributed by atoms with Crippen LogP contribution in [0, 0.1) is 12.1 Å². The SMILES string of the molecule is Brc1cc[c-]c(-c2nccc3ccccc23)c1.[Ir].[c-]1ccccc1-c1nccc2ccccc12. The number of rotatable bonds is 2. The zero-order valence-electron chi connectivity index (χ0n) is 18.1. The Morgan fingerprint density at radius 1 is 0.559 bits per heavy atom. The Balaban J connectivity index is 0.000000157. The van der Waals surface area contributed by atoms with E-state index in [1.807, 2.05) is 91.3 Å². The fraction of sp³-hybridized carbons (Fsp3) is 0. The molecule has 0 fully saturated rings. The van der Waals surface area contributed by atoms with Crippen LogP contribution in [-0.2, 0) is 20.1 Å². The molecule has 0 atom stereocenters. The van der Waals surface area contributed by atoms with Gasteiger partial charge in [0.25, 0.3) is 0 Å². The molecule has 4 heteroatoms. The molecule has 0 spiro atoms. The first-order valence-corrected chi connectivity index (χ1v) is 11.4. The molecule has 167 valence electrons. The smallest absolute Gasteiger partial charge is 0.0167 e. The van der Waals surface area contributed by atoms with E-state index in [0.29, 0.717) is 0 Å². The summed E-state index contributed by atoms with van der Waals surface area (Å²) in [5.74, 6) is 0. The molecule has 2 heterocycles. The molecule has 34 heavy (non-hydrogen) atoms. The van der Waals surface area contributed by atoms with Crippen LogP contribution in [-0.4, -0.2) is 9.97 Å². The fourth-order valence-electron chi connectivity index (χ4n) is 3.78. The third-order valence-electron chi connectivity index (χ3n) is 5.33. The van der Waals surface area contributed by atoms with E-state index in [0.717, 1.165) is 32.4 Å². The number of fused-ring (bicyclic) bond motifs is 2. The molecule has 2 nitrogen and oxygen atoms in total. The van der Waals surface area contributed by atoms with E-state index in [2.05, 4.69) is 62.3 Å². The Kier molecular flexibility index (Phi) is 7.97. The van der Waals surface area contributed by atoms with E-state index in [1.54, 1.807) is 0 Å². The van der Waals surface area contributed by atoms with Crippen molar-refractivity contribution >= 4 is 37.5 Å². The van der Waals surface area contributed by atoms with Crippen molar-refractivity contribution in [2.45, 2.75) is 0 Å². The molecule has 0 bridgehead atoms. The van der Waals surface area contributed by atoms with Crippen molar-refractivity contribution in [2.24, 2.45) is 0 Å². The van der Waals surface area contributed by atoms with Crippen LogP contribution >= 0.6 is 15.9 Å². The van der Waals surface area contributed by atoms with Crippen LogP contribution < -0.4 is 0 Å². The molecule has 0 unspecified atom stereocenters. The first kappa shape index (κ1) is 24.0. The number of aromatic nitrogens is 2. The molecule has 0 aliphatic rings. The summed E-state index contributed by atoms with van der Waals surface area (Å²) in [4.78, 5) is 8.91. The third-order valence-corrected chi connectivity index (χ3v) is 5.82. The molecular formula is C30H19BrIrN2-2. The first-order chi connectivity index (χ1) is 16.3. The van der Waals surface area contributed by atoms with E-state index in [4.69, 9.17) is 0 Å². The number of halogens is 1. The van der Waals surface area contributed by atoms with Gasteiger partial charge in [0.05, 0.1) is 0 Å². The van der Waals surface area contributed by atoms with Gasteiger partial charge in [-0.3, -0.25) is 0 Å². The second kappa shape index (κ2) is 11.3. The molecule has 0 saturated heterocycles. The van der Waals surface area contributed by atoms with Gasteiger partial charge in [-0.2, -0.15) is 0 Å². The van der Waals surface area contributed by atoms with Gasteiger partial charge in [-0.15, -0.1) is 65.7 Å². The van der Waals surface area contributed by atoms with Gasteiger partial charge >= 0.3 is 0 Å². The van der Waals surface area contributed by atoms with Gasteiger partial charge < -0.3 is 9.97 Å². The fourth-order valence-corrected chi connectivity index (χ4v) is 4.15. The average molecular weight is 680 g/mol. The van der Waals surface area contributed by atoms with E-state index in [1.165, 1.54) is 16.2 Å². The normalized spacial score (nSPS) is 10.3. The third kappa shape index (κ3) is 5.31. The minimum Gasteiger partial charge on any atom is -0.304 e. The van der Waals surface area contributed by atoms with Gasteiger partial charge in [0.2, 0.25) is 0 Å². The number of pyridine rings is 2. The van der Waals surface area contributed by atoms with Gasteiger partial charge in [-0.1, -0.05) is 68.9 Å². The van der Waals surface area contributed by atoms with Crippen molar-refractivity contribution in [1.82, 2.24) is 9.97 Å². The maximum absolute atomic E-state index is 4.47. The summed E-state index contributed by atoms with van der Waals surface area (Å²) in [7, 11) is 0. The van der Waals surface area contributed by atoms with Gasteiger partial charge in [-0.25, -0.2) is 0 Å². The van der Waals surface area contributed by atoms with Crippen LogP contribution in [0.5, 0.6) is 0 Å². The summed E-state index contributed by atoms with van der Waals surface area (Å²) in [6, 6.07) is 40.9. The van der Waals surface area contributed by atoms with E-state index >= 15 is 0 Å². The zero-order valence-corrected chi connectivity index (χ0v) is 22.1. The number of hydrogen-bond acceptors (Lipinski definition) is 2. The second-order valence-corrected chi connectivity index (χ2v) is 8.37. The van der Waals surface area contributed by atoms with Crippen molar-refractivity contribution < 1.29 is 20.1 Å². The number of hydrogen-bond donors (Lipinski definition) is 0. The summed E-state index contributed by atoms with van der Waals surface area (Å²) in [5, 5.41) is 4.74. The molecule has 2 aromatic heterocycles. The van der Waals surface area contributed by atoms with E-state index < -0.39 is 0 Å². The molecule has 0 aliphatic carbocycles. The molecule has 0 saturated carbocycles. The second-order valence-electron chi connectivity index (χ2n) is 7.46. The van der Waals surface area contributed by atoms with Crippen molar-refractivity contribution in [3.63, 3.8) is 0 Å². The Labute approximate surface area is 221 Å². The molecule has 0 N–H and O–H groups in total. The molecule has 0 amide bonds. The summed E-state index contributed by atoms with van der Waals surface area (Å²) in [5.41, 5.74) is 4.03. The predicted octanol–water partition coefficient (Wildman–Crippen LogP) is 8.16. The van der Waals surface area contributed by atoms with Crippen molar-refractivity contribution in [2.75, 3.05) is 0 Å². The molecule has 6 aromatic rings. The summed E-state index contributed by atoms with van der Waals surface area (Å²) >= 11 is 3.48. The van der Waals surface area contributed by atoms with Crippen LogP contribution in [0.3, 0.4) is 0 Å². The Morgan fingerprint density at radius 2 is 1.12 bits per heavy atom. The minimum atomic E-state index is 0. The van der Waals surface area contributed by atoms with Crippen LogP contribution in [0.2, 0.25) is 0 Å². The largest absolute Gasteiger partial charge is 0.304 e. The van der Waals surface area contributed by atoms with Crippen LogP contribution in [0.4, 0.5) is 0 Å². The van der Waals surface area contributed by atoms with Gasteiger partial charge in [0.15, 0.2) is 0 Å². The monoisotopic (exact) mass is 679 g/mol. The Morgan fingerprint density at radius 3 is 1.71 bits per heavy atom. The summed E-state index contributed by atoms with van der Waals surface area (Å²) < 4.78 is 1.04. The molecule has 6 rings (SSSR count). The molecule has 0 aliphatic heterocycles. The van der Waals surface area contributed by atoms with Crippen LogP contribution in [0.15, 0.2) is 120 Å². The number of nitrogens with zero attached hydrogens (tertiary/aromatic N) is 2. The Bertz CT molecular complexity index is 1520. The van der Waals surface area contributed by atoms with Gasteiger partial charge in [0.1, 0.15) is 0 Å². The topological polar surface area (TPSA) is 25.8 Å². The quantitative estimate of drug-likeness (QED) is 0.173. The van der Waals surface area contributed by atoms with Crippen LogP contribution in [0.25, 0.3) is 44.1 Å². The van der Waals surface area contributed by atoms with Crippen molar-refractivity contribution in [3.8, 4) is 22.5 Å². The van der Waals surface area contributed by atoms with Crippen LogP contribution in [0.1, 0.15) is 0 Å². The van der Waals surface area contributed by atoms with E-state index in [9.17, 15) is 0 Å². The first-order valence-electron chi connectivity index (χ1n) is 10.6.